The molecule has 1 aliphatic heterocycles. The van der Waals surface area contributed by atoms with Crippen molar-refractivity contribution in [1.29, 1.82) is 0 Å². The monoisotopic (exact) mass is 618 g/mol. The first-order chi connectivity index (χ1) is 19.7. The number of amides is 4. The van der Waals surface area contributed by atoms with Gasteiger partial charge in [-0.25, -0.2) is 17.9 Å². The van der Waals surface area contributed by atoms with E-state index >= 15 is 0 Å². The fraction of sp³-hybridized carbons (Fsp3) is 0.613. The summed E-state index contributed by atoms with van der Waals surface area (Å²) < 4.78 is 33.3. The molecule has 3 rings (SSSR count). The average molecular weight is 619 g/mol. The molecule has 5 atom stereocenters. The van der Waals surface area contributed by atoms with Gasteiger partial charge in [-0.15, -0.1) is 6.58 Å². The molecule has 2 unspecified atom stereocenters. The molecular weight excluding hydrogens is 572 g/mol. The van der Waals surface area contributed by atoms with Crippen molar-refractivity contribution in [3.63, 3.8) is 0 Å². The number of ether oxygens (including phenoxy) is 1. The van der Waals surface area contributed by atoms with E-state index in [1.165, 1.54) is 23.1 Å². The minimum Gasteiger partial charge on any atom is -0.444 e. The largest absolute Gasteiger partial charge is 0.444 e. The molecule has 0 radical (unpaired) electrons. The SMILES string of the molecule is C=CC1C[C@]1(NC(=O)C1C[C@@H](C(C)C)CN1C(=O)[C@@H](NC(=O)OC(C)(C)C)C(C)(C)C)C(=O)NS(=O)(=O)c1ccccc1. The summed E-state index contributed by atoms with van der Waals surface area (Å²) >= 11 is 0. The van der Waals surface area contributed by atoms with Crippen LogP contribution in [0.1, 0.15) is 68.2 Å². The van der Waals surface area contributed by atoms with Crippen LogP contribution in [0.3, 0.4) is 0 Å². The van der Waals surface area contributed by atoms with E-state index in [-0.39, 0.29) is 29.7 Å². The maximum atomic E-state index is 14.1. The highest BCUT2D eigenvalue weighted by atomic mass is 32.2. The molecule has 2 aliphatic rings. The highest BCUT2D eigenvalue weighted by Crippen LogP contribution is 2.45. The number of carbonyl (C=O) groups is 4. The molecule has 1 saturated carbocycles. The summed E-state index contributed by atoms with van der Waals surface area (Å²) in [7, 11) is -4.19. The number of sulfonamides is 1. The lowest BCUT2D eigenvalue weighted by Crippen LogP contribution is -2.60. The van der Waals surface area contributed by atoms with Crippen LogP contribution in [0.4, 0.5) is 4.79 Å². The topological polar surface area (TPSA) is 151 Å². The van der Waals surface area contributed by atoms with Gasteiger partial charge < -0.3 is 20.3 Å². The number of alkyl carbamates (subject to hydrolysis) is 1. The molecular formula is C31H46N4O7S. The molecule has 1 aromatic rings. The Bertz CT molecular complexity index is 1350. The molecule has 2 fully saturated rings. The van der Waals surface area contributed by atoms with Crippen LogP contribution >= 0.6 is 0 Å². The molecule has 1 saturated heterocycles. The standard InChI is InChI=1S/C31H46N4O7S/c1-10-21-17-31(21,27(38)34-43(40,41)22-14-12-11-13-15-22)33-25(36)23-16-20(19(2)3)18-35(23)26(37)24(29(4,5)6)32-28(39)42-30(7,8)9/h10-15,19-21,23-24H,1,16-18H2,2-9H3,(H,32,39)(H,33,36)(H,34,38)/t20-,21?,23?,24-,31-/m1/s1. The zero-order valence-corrected chi connectivity index (χ0v) is 27.2. The number of nitrogens with zero attached hydrogens (tertiary/aromatic N) is 1. The molecule has 0 spiro atoms. The van der Waals surface area contributed by atoms with Crippen LogP contribution in [0.25, 0.3) is 0 Å². The number of hydrogen-bond acceptors (Lipinski definition) is 7. The van der Waals surface area contributed by atoms with Gasteiger partial charge in [0.25, 0.3) is 15.9 Å². The molecule has 4 amide bonds. The lowest BCUT2D eigenvalue weighted by atomic mass is 9.85. The summed E-state index contributed by atoms with van der Waals surface area (Å²) in [5.74, 6) is -2.24. The van der Waals surface area contributed by atoms with E-state index in [4.69, 9.17) is 4.74 Å². The van der Waals surface area contributed by atoms with Crippen molar-refractivity contribution < 1.29 is 32.3 Å². The average Bonchev–Trinajstić information content (AvgIpc) is 3.41. The Hall–Kier alpha value is -3.41. The van der Waals surface area contributed by atoms with Crippen LogP contribution < -0.4 is 15.4 Å². The number of nitrogens with one attached hydrogen (secondary N) is 3. The first-order valence-corrected chi connectivity index (χ1v) is 16.1. The fourth-order valence-electron chi connectivity index (χ4n) is 5.29. The van der Waals surface area contributed by atoms with Crippen LogP contribution in [0, 0.1) is 23.2 Å². The number of rotatable bonds is 9. The Kier molecular flexibility index (Phi) is 9.75. The van der Waals surface area contributed by atoms with Crippen LogP contribution in [0.5, 0.6) is 0 Å². The zero-order chi connectivity index (χ0) is 32.5. The van der Waals surface area contributed by atoms with Crippen molar-refractivity contribution in [3.05, 3.63) is 43.0 Å². The third-order valence-electron chi connectivity index (χ3n) is 7.97. The van der Waals surface area contributed by atoms with Gasteiger partial charge in [0.2, 0.25) is 11.8 Å². The Balaban J connectivity index is 1.87. The minimum absolute atomic E-state index is 0.0144. The second-order valence-corrected chi connectivity index (χ2v) is 15.6. The van der Waals surface area contributed by atoms with E-state index in [2.05, 4.69) is 21.9 Å². The molecule has 1 aliphatic carbocycles. The van der Waals surface area contributed by atoms with Crippen LogP contribution in [-0.4, -0.2) is 66.9 Å². The zero-order valence-electron chi connectivity index (χ0n) is 26.4. The van der Waals surface area contributed by atoms with Crippen molar-refractivity contribution in [2.45, 2.75) is 96.4 Å². The van der Waals surface area contributed by atoms with Gasteiger partial charge in [0.1, 0.15) is 23.2 Å². The summed E-state index contributed by atoms with van der Waals surface area (Å²) in [6, 6.07) is 5.53. The second kappa shape index (κ2) is 12.3. The molecule has 238 valence electrons. The smallest absolute Gasteiger partial charge is 0.408 e. The van der Waals surface area contributed by atoms with Crippen molar-refractivity contribution in [3.8, 4) is 0 Å². The Morgan fingerprint density at radius 3 is 2.16 bits per heavy atom. The third kappa shape index (κ3) is 7.95. The van der Waals surface area contributed by atoms with Gasteiger partial charge in [-0.05, 0) is 63.0 Å². The predicted octanol–water partition coefficient (Wildman–Crippen LogP) is 3.36. The summed E-state index contributed by atoms with van der Waals surface area (Å²) in [5, 5.41) is 5.49. The van der Waals surface area contributed by atoms with Crippen molar-refractivity contribution in [1.82, 2.24) is 20.3 Å². The van der Waals surface area contributed by atoms with Gasteiger partial charge in [-0.3, -0.25) is 14.4 Å². The Labute approximate surface area is 255 Å². The maximum Gasteiger partial charge on any atom is 0.408 e. The van der Waals surface area contributed by atoms with Crippen molar-refractivity contribution >= 4 is 33.8 Å². The summed E-state index contributed by atoms with van der Waals surface area (Å²) in [5.41, 5.74) is -3.02. The fourth-order valence-corrected chi connectivity index (χ4v) is 6.35. The van der Waals surface area contributed by atoms with Crippen LogP contribution in [0.15, 0.2) is 47.9 Å². The second-order valence-electron chi connectivity index (χ2n) is 13.9. The quantitative estimate of drug-likeness (QED) is 0.359. The Morgan fingerprint density at radius 1 is 1.07 bits per heavy atom. The summed E-state index contributed by atoms with van der Waals surface area (Å²) in [4.78, 5) is 55.4. The van der Waals surface area contributed by atoms with E-state index in [1.54, 1.807) is 39.0 Å². The first-order valence-electron chi connectivity index (χ1n) is 14.6. The third-order valence-corrected chi connectivity index (χ3v) is 9.31. The normalized spacial score (nSPS) is 24.6. The lowest BCUT2D eigenvalue weighted by Gasteiger charge is -2.36. The predicted molar refractivity (Wildman–Crippen MR) is 162 cm³/mol. The van der Waals surface area contributed by atoms with E-state index in [0.29, 0.717) is 6.42 Å². The first kappa shape index (κ1) is 34.1. The van der Waals surface area contributed by atoms with Gasteiger partial charge in [-0.2, -0.15) is 0 Å². The van der Waals surface area contributed by atoms with Crippen LogP contribution in [0.2, 0.25) is 0 Å². The highest BCUT2D eigenvalue weighted by Gasteiger charge is 2.61. The van der Waals surface area contributed by atoms with Crippen molar-refractivity contribution in [2.24, 2.45) is 23.2 Å². The van der Waals surface area contributed by atoms with E-state index in [9.17, 15) is 27.6 Å². The number of likely N-dealkylation sites (tertiary alicyclic amines) is 1. The van der Waals surface area contributed by atoms with Gasteiger partial charge in [0.05, 0.1) is 4.90 Å². The molecule has 43 heavy (non-hydrogen) atoms. The van der Waals surface area contributed by atoms with Gasteiger partial charge in [0.15, 0.2) is 0 Å². The number of hydrogen-bond donors (Lipinski definition) is 3. The molecule has 0 bridgehead atoms. The van der Waals surface area contributed by atoms with Crippen molar-refractivity contribution in [2.75, 3.05) is 6.54 Å². The molecule has 3 N–H and O–H groups in total. The minimum atomic E-state index is -4.19. The molecule has 11 nitrogen and oxygen atoms in total. The van der Waals surface area contributed by atoms with E-state index < -0.39 is 68.4 Å². The van der Waals surface area contributed by atoms with E-state index in [0.717, 1.165) is 0 Å². The molecule has 12 heteroatoms. The van der Waals surface area contributed by atoms with Crippen LogP contribution in [-0.2, 0) is 29.1 Å². The Morgan fingerprint density at radius 2 is 1.67 bits per heavy atom. The van der Waals surface area contributed by atoms with Gasteiger partial charge in [-0.1, -0.05) is 58.9 Å². The highest BCUT2D eigenvalue weighted by molar-refractivity contribution is 7.90. The summed E-state index contributed by atoms with van der Waals surface area (Å²) in [6.07, 6.45) is 1.27. The van der Waals surface area contributed by atoms with Gasteiger partial charge in [0, 0.05) is 12.5 Å². The molecule has 0 aromatic heterocycles. The van der Waals surface area contributed by atoms with E-state index in [1.807, 2.05) is 34.6 Å². The maximum absolute atomic E-state index is 14.1. The lowest BCUT2D eigenvalue weighted by molar-refractivity contribution is -0.143. The van der Waals surface area contributed by atoms with Gasteiger partial charge >= 0.3 is 6.09 Å². The summed E-state index contributed by atoms with van der Waals surface area (Å²) in [6.45, 7) is 18.6. The number of carbonyl (C=O) groups excluding carboxylic acids is 4. The molecule has 1 aromatic carbocycles. The molecule has 1 heterocycles. The number of benzene rings is 1.